The number of ketones is 1. The zero-order chi connectivity index (χ0) is 22.9. The molecule has 0 fully saturated rings. The second kappa shape index (κ2) is 12.5. The smallest absolute Gasteiger partial charge is 0.295 e. The van der Waals surface area contributed by atoms with E-state index in [-0.39, 0.29) is 28.1 Å². The molecule has 0 saturated heterocycles. The van der Waals surface area contributed by atoms with Gasteiger partial charge >= 0.3 is 0 Å². The van der Waals surface area contributed by atoms with Gasteiger partial charge in [0.1, 0.15) is 4.90 Å². The van der Waals surface area contributed by atoms with Crippen molar-refractivity contribution in [3.8, 4) is 0 Å². The molecule has 172 valence electrons. The maximum atomic E-state index is 13.0. The minimum Gasteiger partial charge on any atom is -0.398 e. The highest BCUT2D eigenvalue weighted by atomic mass is 32.2. The molecule has 3 N–H and O–H groups in total. The highest BCUT2D eigenvalue weighted by molar-refractivity contribution is 7.86. The molecule has 1 aromatic rings. The van der Waals surface area contributed by atoms with E-state index >= 15 is 0 Å². The number of benzene rings is 1. The van der Waals surface area contributed by atoms with Gasteiger partial charge in [0.2, 0.25) is 0 Å². The molecule has 0 aliphatic carbocycles. The molecule has 0 radical (unpaired) electrons. The summed E-state index contributed by atoms with van der Waals surface area (Å²) in [5, 5.41) is 0. The fourth-order valence-corrected chi connectivity index (χ4v) is 5.24. The first-order valence-electron chi connectivity index (χ1n) is 11.5. The second-order valence-corrected chi connectivity index (χ2v) is 10.3. The lowest BCUT2D eigenvalue weighted by atomic mass is 9.87. The number of unbranched alkanes of at least 4 members (excludes halogenated alkanes) is 8. The third-order valence-electron chi connectivity index (χ3n) is 5.62. The topological polar surface area (TPSA) is 97.5 Å². The van der Waals surface area contributed by atoms with Crippen LogP contribution in [0.15, 0.2) is 11.0 Å². The van der Waals surface area contributed by atoms with Crippen molar-refractivity contribution >= 4 is 21.6 Å². The van der Waals surface area contributed by atoms with Crippen molar-refractivity contribution in [3.05, 3.63) is 22.8 Å². The Kier molecular flexibility index (Phi) is 11.1. The van der Waals surface area contributed by atoms with Crippen LogP contribution >= 0.6 is 0 Å². The minimum atomic E-state index is -4.48. The number of hydrogen-bond donors (Lipinski definition) is 2. The molecule has 0 unspecified atom stereocenters. The number of Topliss-reactive ketones (excluding diaryl/α,β-unsaturated/α-hetero) is 1. The number of nitrogen functional groups attached to an aromatic ring is 1. The van der Waals surface area contributed by atoms with Gasteiger partial charge in [-0.3, -0.25) is 9.35 Å². The predicted molar refractivity (Wildman–Crippen MR) is 125 cm³/mol. The fraction of sp³-hybridized carbons (Fsp3) is 0.708. The van der Waals surface area contributed by atoms with E-state index in [4.69, 9.17) is 5.73 Å². The first kappa shape index (κ1) is 26.6. The third kappa shape index (κ3) is 7.69. The van der Waals surface area contributed by atoms with Crippen molar-refractivity contribution in [1.29, 1.82) is 0 Å². The quantitative estimate of drug-likeness (QED) is 0.143. The van der Waals surface area contributed by atoms with Gasteiger partial charge in [0.05, 0.1) is 0 Å². The van der Waals surface area contributed by atoms with Gasteiger partial charge in [-0.2, -0.15) is 8.42 Å². The summed E-state index contributed by atoms with van der Waals surface area (Å²) in [5.41, 5.74) is 7.60. The molecule has 1 rings (SSSR count). The maximum Gasteiger partial charge on any atom is 0.295 e. The molecule has 0 aromatic heterocycles. The van der Waals surface area contributed by atoms with Gasteiger partial charge in [-0.05, 0) is 35.4 Å². The third-order valence-corrected chi connectivity index (χ3v) is 6.59. The van der Waals surface area contributed by atoms with E-state index in [2.05, 4.69) is 6.92 Å². The van der Waals surface area contributed by atoms with Gasteiger partial charge < -0.3 is 5.73 Å². The SMILES string of the molecule is CCCCCCCCCCCC(=O)c1c(N)cc(C(C)C)c(S(=O)(=O)O)c1C(C)C. The van der Waals surface area contributed by atoms with Gasteiger partial charge in [0, 0.05) is 17.7 Å². The number of nitrogens with two attached hydrogens (primary N) is 1. The predicted octanol–water partition coefficient (Wildman–Crippen LogP) is 6.87. The van der Waals surface area contributed by atoms with Gasteiger partial charge in [-0.15, -0.1) is 0 Å². The Labute approximate surface area is 183 Å². The van der Waals surface area contributed by atoms with E-state index in [0.717, 1.165) is 19.3 Å². The summed E-state index contributed by atoms with van der Waals surface area (Å²) in [6, 6.07) is 1.54. The Morgan fingerprint density at radius 2 is 1.43 bits per heavy atom. The van der Waals surface area contributed by atoms with Crippen LogP contribution in [-0.2, 0) is 10.1 Å². The lowest BCUT2D eigenvalue weighted by Gasteiger charge is -2.22. The van der Waals surface area contributed by atoms with Crippen LogP contribution in [0, 0.1) is 0 Å². The monoisotopic (exact) mass is 439 g/mol. The Bertz CT molecular complexity index is 798. The van der Waals surface area contributed by atoms with Crippen LogP contribution in [0.1, 0.15) is 132 Å². The molecule has 0 amide bonds. The largest absolute Gasteiger partial charge is 0.398 e. The molecule has 1 aromatic carbocycles. The average Bonchev–Trinajstić information content (AvgIpc) is 2.64. The lowest BCUT2D eigenvalue weighted by molar-refractivity contribution is 0.0978. The number of carbonyl (C=O) groups excluding carboxylic acids is 1. The number of rotatable bonds is 14. The summed E-state index contributed by atoms with van der Waals surface area (Å²) in [4.78, 5) is 12.9. The molecule has 0 bridgehead atoms. The summed E-state index contributed by atoms with van der Waals surface area (Å²) in [6.07, 6.45) is 10.7. The van der Waals surface area contributed by atoms with Crippen molar-refractivity contribution < 1.29 is 17.8 Å². The molecule has 30 heavy (non-hydrogen) atoms. The molecular weight excluding hydrogens is 398 g/mol. The Morgan fingerprint density at radius 3 is 1.87 bits per heavy atom. The van der Waals surface area contributed by atoms with E-state index in [1.54, 1.807) is 6.07 Å². The molecule has 0 atom stereocenters. The van der Waals surface area contributed by atoms with Crippen molar-refractivity contribution in [2.45, 2.75) is 116 Å². The van der Waals surface area contributed by atoms with Crippen LogP contribution in [-0.4, -0.2) is 18.8 Å². The van der Waals surface area contributed by atoms with Crippen LogP contribution in [0.3, 0.4) is 0 Å². The van der Waals surface area contributed by atoms with Crippen molar-refractivity contribution in [2.24, 2.45) is 0 Å². The Balaban J connectivity index is 2.94. The average molecular weight is 440 g/mol. The van der Waals surface area contributed by atoms with Crippen LogP contribution in [0.25, 0.3) is 0 Å². The number of hydrogen-bond acceptors (Lipinski definition) is 4. The van der Waals surface area contributed by atoms with Crippen molar-refractivity contribution in [1.82, 2.24) is 0 Å². The van der Waals surface area contributed by atoms with Crippen LogP contribution in [0.5, 0.6) is 0 Å². The molecule has 6 heteroatoms. The summed E-state index contributed by atoms with van der Waals surface area (Å²) in [7, 11) is -4.48. The first-order chi connectivity index (χ1) is 14.0. The highest BCUT2D eigenvalue weighted by Gasteiger charge is 2.30. The summed E-state index contributed by atoms with van der Waals surface area (Å²) in [6.45, 7) is 9.55. The number of anilines is 1. The molecule has 0 heterocycles. The normalized spacial score (nSPS) is 12.1. The summed E-state index contributed by atoms with van der Waals surface area (Å²) < 4.78 is 34.3. The van der Waals surface area contributed by atoms with Gasteiger partial charge in [0.25, 0.3) is 10.1 Å². The van der Waals surface area contributed by atoms with E-state index in [1.165, 1.54) is 38.5 Å². The standard InChI is InChI=1S/C24H41NO4S/c1-6-7-8-9-10-11-12-13-14-15-21(26)23-20(25)16-19(17(2)3)24(30(27,28)29)22(23)18(4)5/h16-18H,6-15,25H2,1-5H3,(H,27,28,29). The van der Waals surface area contributed by atoms with E-state index in [9.17, 15) is 17.8 Å². The summed E-state index contributed by atoms with van der Waals surface area (Å²) >= 11 is 0. The van der Waals surface area contributed by atoms with Crippen LogP contribution in [0.4, 0.5) is 5.69 Å². The van der Waals surface area contributed by atoms with Crippen molar-refractivity contribution in [3.63, 3.8) is 0 Å². The summed E-state index contributed by atoms with van der Waals surface area (Å²) in [5.74, 6) is -0.549. The van der Waals surface area contributed by atoms with E-state index in [1.807, 2.05) is 27.7 Å². The minimum absolute atomic E-state index is 0.139. The molecule has 0 aliphatic heterocycles. The van der Waals surface area contributed by atoms with Gasteiger partial charge in [-0.25, -0.2) is 0 Å². The van der Waals surface area contributed by atoms with Crippen LogP contribution in [0.2, 0.25) is 0 Å². The van der Waals surface area contributed by atoms with Crippen LogP contribution < -0.4 is 5.73 Å². The maximum absolute atomic E-state index is 13.0. The van der Waals surface area contributed by atoms with Crippen molar-refractivity contribution in [2.75, 3.05) is 5.73 Å². The fourth-order valence-electron chi connectivity index (χ4n) is 4.03. The molecule has 0 saturated carbocycles. The van der Waals surface area contributed by atoms with Gasteiger partial charge in [-0.1, -0.05) is 86.0 Å². The zero-order valence-corrected chi connectivity index (χ0v) is 20.3. The first-order valence-corrected chi connectivity index (χ1v) is 12.9. The molecule has 5 nitrogen and oxygen atoms in total. The number of carbonyl (C=O) groups is 1. The zero-order valence-electron chi connectivity index (χ0n) is 19.5. The van der Waals surface area contributed by atoms with E-state index < -0.39 is 10.1 Å². The van der Waals surface area contributed by atoms with E-state index in [0.29, 0.717) is 23.2 Å². The molecular formula is C24H41NO4S. The highest BCUT2D eigenvalue weighted by Crippen LogP contribution is 2.38. The second-order valence-electron chi connectivity index (χ2n) is 8.96. The molecule has 0 aliphatic rings. The Hall–Kier alpha value is -1.40. The Morgan fingerprint density at radius 1 is 0.933 bits per heavy atom. The molecule has 0 spiro atoms. The van der Waals surface area contributed by atoms with Gasteiger partial charge in [0.15, 0.2) is 5.78 Å². The lowest BCUT2D eigenvalue weighted by Crippen LogP contribution is -2.17.